The largest absolute Gasteiger partial charge is 0.379 e. The molecule has 6 heteroatoms. The van der Waals surface area contributed by atoms with E-state index in [2.05, 4.69) is 34.5 Å². The van der Waals surface area contributed by atoms with Crippen molar-refractivity contribution in [3.63, 3.8) is 0 Å². The van der Waals surface area contributed by atoms with Crippen LogP contribution in [-0.2, 0) is 17.6 Å². The summed E-state index contributed by atoms with van der Waals surface area (Å²) in [7, 11) is 0. The summed E-state index contributed by atoms with van der Waals surface area (Å²) in [6.07, 6.45) is 6.66. The fraction of sp³-hybridized carbons (Fsp3) is 0.750. The summed E-state index contributed by atoms with van der Waals surface area (Å²) in [4.78, 5) is 10.3. The SMILES string of the molecule is CCNC(=NCCOCC1CC1)NCCc1ncc(CC)s1. The number of aliphatic imine (C=N–C) groups is 1. The molecule has 1 aliphatic carbocycles. The Kier molecular flexibility index (Phi) is 7.66. The van der Waals surface area contributed by atoms with Crippen LogP contribution in [0.15, 0.2) is 11.2 Å². The van der Waals surface area contributed by atoms with Gasteiger partial charge in [-0.3, -0.25) is 4.99 Å². The van der Waals surface area contributed by atoms with Crippen LogP contribution in [0.5, 0.6) is 0 Å². The molecule has 2 rings (SSSR count). The number of thiazole rings is 1. The molecule has 1 heterocycles. The molecular formula is C16H28N4OS. The quantitative estimate of drug-likeness (QED) is 0.394. The van der Waals surface area contributed by atoms with Crippen molar-refractivity contribution in [2.24, 2.45) is 10.9 Å². The van der Waals surface area contributed by atoms with Crippen LogP contribution >= 0.6 is 11.3 Å². The molecule has 1 aliphatic rings. The summed E-state index contributed by atoms with van der Waals surface area (Å²) in [5, 5.41) is 7.81. The summed E-state index contributed by atoms with van der Waals surface area (Å²) in [5.41, 5.74) is 0. The number of guanidine groups is 1. The zero-order chi connectivity index (χ0) is 15.6. The minimum absolute atomic E-state index is 0.708. The smallest absolute Gasteiger partial charge is 0.191 e. The van der Waals surface area contributed by atoms with Gasteiger partial charge in [0.2, 0.25) is 0 Å². The van der Waals surface area contributed by atoms with Crippen LogP contribution in [0.4, 0.5) is 0 Å². The van der Waals surface area contributed by atoms with E-state index >= 15 is 0 Å². The van der Waals surface area contributed by atoms with Crippen molar-refractivity contribution in [1.29, 1.82) is 0 Å². The van der Waals surface area contributed by atoms with Crippen LogP contribution in [-0.4, -0.2) is 43.8 Å². The van der Waals surface area contributed by atoms with Crippen LogP contribution in [0.2, 0.25) is 0 Å². The lowest BCUT2D eigenvalue weighted by Crippen LogP contribution is -2.38. The van der Waals surface area contributed by atoms with Gasteiger partial charge in [0, 0.05) is 37.2 Å². The summed E-state index contributed by atoms with van der Waals surface area (Å²) in [5.74, 6) is 1.69. The minimum atomic E-state index is 0.708. The predicted molar refractivity (Wildman–Crippen MR) is 92.7 cm³/mol. The molecule has 0 unspecified atom stereocenters. The van der Waals surface area contributed by atoms with Gasteiger partial charge in [0.15, 0.2) is 5.96 Å². The molecule has 0 radical (unpaired) electrons. The fourth-order valence-corrected chi connectivity index (χ4v) is 2.88. The standard InChI is InChI=1S/C16H28N4OS/c1-3-14-11-20-15(22-14)7-8-18-16(17-4-2)19-9-10-21-12-13-5-6-13/h11,13H,3-10,12H2,1-2H3,(H2,17,18,19). The van der Waals surface area contributed by atoms with E-state index in [4.69, 9.17) is 4.74 Å². The van der Waals surface area contributed by atoms with Crippen molar-refractivity contribution in [3.05, 3.63) is 16.1 Å². The molecule has 22 heavy (non-hydrogen) atoms. The van der Waals surface area contributed by atoms with E-state index < -0.39 is 0 Å². The van der Waals surface area contributed by atoms with E-state index in [0.717, 1.165) is 44.4 Å². The van der Waals surface area contributed by atoms with Crippen molar-refractivity contribution in [1.82, 2.24) is 15.6 Å². The van der Waals surface area contributed by atoms with Gasteiger partial charge in [-0.2, -0.15) is 0 Å². The molecule has 1 aromatic heterocycles. The molecule has 0 saturated heterocycles. The number of aromatic nitrogens is 1. The first kappa shape index (κ1) is 17.2. The van der Waals surface area contributed by atoms with E-state index in [9.17, 15) is 0 Å². The highest BCUT2D eigenvalue weighted by atomic mass is 32.1. The number of ether oxygens (including phenoxy) is 1. The Morgan fingerprint density at radius 3 is 2.95 bits per heavy atom. The van der Waals surface area contributed by atoms with Crippen LogP contribution in [0.25, 0.3) is 0 Å². The monoisotopic (exact) mass is 324 g/mol. The molecule has 124 valence electrons. The molecule has 0 aliphatic heterocycles. The molecule has 0 atom stereocenters. The van der Waals surface area contributed by atoms with Crippen LogP contribution in [0, 0.1) is 5.92 Å². The Morgan fingerprint density at radius 2 is 2.27 bits per heavy atom. The molecule has 0 bridgehead atoms. The maximum Gasteiger partial charge on any atom is 0.191 e. The highest BCUT2D eigenvalue weighted by Crippen LogP contribution is 2.28. The molecule has 0 spiro atoms. The van der Waals surface area contributed by atoms with Crippen LogP contribution in [0.3, 0.4) is 0 Å². The number of aryl methyl sites for hydroxylation is 1. The number of nitrogens with one attached hydrogen (secondary N) is 2. The Balaban J connectivity index is 1.63. The van der Waals surface area contributed by atoms with Gasteiger partial charge in [-0.05, 0) is 32.1 Å². The van der Waals surface area contributed by atoms with Crippen molar-refractivity contribution in [2.75, 3.05) is 32.8 Å². The lowest BCUT2D eigenvalue weighted by molar-refractivity contribution is 0.131. The third-order valence-corrected chi connectivity index (χ3v) is 4.68. The molecule has 5 nitrogen and oxygen atoms in total. The zero-order valence-corrected chi connectivity index (χ0v) is 14.5. The molecule has 1 saturated carbocycles. The summed E-state index contributed by atoms with van der Waals surface area (Å²) in [6.45, 7) is 8.28. The van der Waals surface area contributed by atoms with Gasteiger partial charge in [0.25, 0.3) is 0 Å². The third kappa shape index (κ3) is 6.75. The first-order valence-electron chi connectivity index (χ1n) is 8.35. The molecule has 2 N–H and O–H groups in total. The zero-order valence-electron chi connectivity index (χ0n) is 13.7. The second-order valence-corrected chi connectivity index (χ2v) is 6.73. The van der Waals surface area contributed by atoms with Crippen LogP contribution in [0.1, 0.15) is 36.6 Å². The van der Waals surface area contributed by atoms with E-state index in [0.29, 0.717) is 13.2 Å². The van der Waals surface area contributed by atoms with Crippen LogP contribution < -0.4 is 10.6 Å². The van der Waals surface area contributed by atoms with E-state index in [1.807, 2.05) is 6.20 Å². The second kappa shape index (κ2) is 9.79. The average molecular weight is 324 g/mol. The lowest BCUT2D eigenvalue weighted by Gasteiger charge is -2.10. The van der Waals surface area contributed by atoms with Gasteiger partial charge < -0.3 is 15.4 Å². The molecule has 0 amide bonds. The number of nitrogens with zero attached hydrogens (tertiary/aromatic N) is 2. The number of hydrogen-bond donors (Lipinski definition) is 2. The highest BCUT2D eigenvalue weighted by molar-refractivity contribution is 7.11. The van der Waals surface area contributed by atoms with Crippen molar-refractivity contribution in [3.8, 4) is 0 Å². The molecule has 1 aromatic rings. The Hall–Kier alpha value is -1.14. The van der Waals surface area contributed by atoms with Crippen molar-refractivity contribution < 1.29 is 4.74 Å². The van der Waals surface area contributed by atoms with Gasteiger partial charge in [-0.15, -0.1) is 11.3 Å². The topological polar surface area (TPSA) is 58.5 Å². The Bertz CT molecular complexity index is 457. The Labute approximate surface area is 137 Å². The normalized spacial score (nSPS) is 15.1. The molecule has 0 aromatic carbocycles. The van der Waals surface area contributed by atoms with Gasteiger partial charge in [0.1, 0.15) is 0 Å². The fourth-order valence-electron chi connectivity index (χ4n) is 2.01. The number of rotatable bonds is 10. The predicted octanol–water partition coefficient (Wildman–Crippen LogP) is 2.23. The first-order valence-corrected chi connectivity index (χ1v) is 9.17. The molecular weight excluding hydrogens is 296 g/mol. The highest BCUT2D eigenvalue weighted by Gasteiger charge is 2.20. The van der Waals surface area contributed by atoms with Gasteiger partial charge in [-0.25, -0.2) is 4.98 Å². The number of hydrogen-bond acceptors (Lipinski definition) is 4. The van der Waals surface area contributed by atoms with Gasteiger partial charge >= 0.3 is 0 Å². The third-order valence-electron chi connectivity index (χ3n) is 3.48. The second-order valence-electron chi connectivity index (χ2n) is 5.53. The summed E-state index contributed by atoms with van der Waals surface area (Å²) in [6, 6.07) is 0. The molecule has 1 fully saturated rings. The minimum Gasteiger partial charge on any atom is -0.379 e. The maximum absolute atomic E-state index is 5.60. The van der Waals surface area contributed by atoms with Crippen molar-refractivity contribution >= 4 is 17.3 Å². The maximum atomic E-state index is 5.60. The van der Waals surface area contributed by atoms with Gasteiger partial charge in [0.05, 0.1) is 18.2 Å². The van der Waals surface area contributed by atoms with E-state index in [-0.39, 0.29) is 0 Å². The van der Waals surface area contributed by atoms with E-state index in [1.165, 1.54) is 22.7 Å². The average Bonchev–Trinajstić information content (AvgIpc) is 3.23. The summed E-state index contributed by atoms with van der Waals surface area (Å²) >= 11 is 1.80. The van der Waals surface area contributed by atoms with E-state index in [1.54, 1.807) is 11.3 Å². The summed E-state index contributed by atoms with van der Waals surface area (Å²) < 4.78 is 5.60. The van der Waals surface area contributed by atoms with Gasteiger partial charge in [-0.1, -0.05) is 6.92 Å². The lowest BCUT2D eigenvalue weighted by atomic mass is 10.4. The Morgan fingerprint density at radius 1 is 1.41 bits per heavy atom. The first-order chi connectivity index (χ1) is 10.8. The van der Waals surface area contributed by atoms with Crippen molar-refractivity contribution in [2.45, 2.75) is 39.5 Å².